The predicted octanol–water partition coefficient (Wildman–Crippen LogP) is 2.88. The number of aromatic nitrogens is 2. The molecule has 0 saturated carbocycles. The van der Waals surface area contributed by atoms with Crippen molar-refractivity contribution in [3.05, 3.63) is 83.3 Å². The van der Waals surface area contributed by atoms with Gasteiger partial charge in [0.25, 0.3) is 0 Å². The number of nitrogens with zero attached hydrogens (tertiary/aromatic N) is 5. The molecule has 0 unspecified atom stereocenters. The Labute approximate surface area is 219 Å². The monoisotopic (exact) mass is 499 g/mol. The van der Waals surface area contributed by atoms with Crippen molar-refractivity contribution >= 4 is 17.4 Å². The van der Waals surface area contributed by atoms with Crippen molar-refractivity contribution < 1.29 is 4.79 Å². The number of carbonyl (C=O) groups is 1. The molecule has 3 aliphatic rings. The summed E-state index contributed by atoms with van der Waals surface area (Å²) < 4.78 is 0. The quantitative estimate of drug-likeness (QED) is 0.533. The van der Waals surface area contributed by atoms with Crippen LogP contribution >= 0.6 is 0 Å². The van der Waals surface area contributed by atoms with Gasteiger partial charge in [-0.05, 0) is 35.4 Å². The fraction of sp³-hybridized carbons (Fsp3) is 0.414. The molecular weight excluding hydrogens is 462 g/mol. The lowest BCUT2D eigenvalue weighted by Gasteiger charge is -2.34. The number of benzene rings is 2. The van der Waals surface area contributed by atoms with Crippen LogP contribution in [0.2, 0.25) is 0 Å². The number of likely N-dealkylation sites (N-methyl/N-ethyl adjacent to an activating group) is 1. The maximum absolute atomic E-state index is 12.6. The van der Waals surface area contributed by atoms with E-state index in [2.05, 4.69) is 90.8 Å². The number of hydrogen-bond acceptors (Lipinski definition) is 7. The summed E-state index contributed by atoms with van der Waals surface area (Å²) in [4.78, 5) is 28.7. The summed E-state index contributed by atoms with van der Waals surface area (Å²) in [6.45, 7) is 10.6. The number of amides is 1. The van der Waals surface area contributed by atoms with Gasteiger partial charge in [-0.2, -0.15) is 0 Å². The highest BCUT2D eigenvalue weighted by Crippen LogP contribution is 2.19. The molecule has 0 spiro atoms. The van der Waals surface area contributed by atoms with Crippen LogP contribution in [0.1, 0.15) is 29.3 Å². The van der Waals surface area contributed by atoms with Gasteiger partial charge in [0.05, 0.1) is 12.2 Å². The molecule has 1 fully saturated rings. The van der Waals surface area contributed by atoms with Crippen molar-refractivity contribution in [3.63, 3.8) is 0 Å². The summed E-state index contributed by atoms with van der Waals surface area (Å²) in [7, 11) is 0. The van der Waals surface area contributed by atoms with Crippen LogP contribution < -0.4 is 10.6 Å². The maximum Gasteiger partial charge on any atom is 0.234 e. The SMILES string of the molecule is CCN1CCNC(=O)CN2CCN(CC2)Cc2cccc(c2)Cc2cc(ncn2)Nc2cccc(c2)C1. The number of carbonyl (C=O) groups excluding carboxylic acids is 1. The predicted molar refractivity (Wildman–Crippen MR) is 147 cm³/mol. The second-order valence-corrected chi connectivity index (χ2v) is 9.99. The van der Waals surface area contributed by atoms with Crippen LogP contribution in [0.25, 0.3) is 0 Å². The van der Waals surface area contributed by atoms with Crippen molar-refractivity contribution in [2.75, 3.05) is 57.7 Å². The van der Waals surface area contributed by atoms with Gasteiger partial charge in [0, 0.05) is 70.5 Å². The third-order valence-electron chi connectivity index (χ3n) is 7.14. The first-order valence-corrected chi connectivity index (χ1v) is 13.3. The van der Waals surface area contributed by atoms with Gasteiger partial charge in [-0.15, -0.1) is 0 Å². The molecule has 0 radical (unpaired) electrons. The molecule has 8 bridgehead atoms. The van der Waals surface area contributed by atoms with E-state index in [1.54, 1.807) is 6.33 Å². The van der Waals surface area contributed by atoms with Gasteiger partial charge in [0.1, 0.15) is 12.1 Å². The van der Waals surface area contributed by atoms with Crippen molar-refractivity contribution in [2.45, 2.75) is 26.4 Å². The van der Waals surface area contributed by atoms with Gasteiger partial charge in [0.15, 0.2) is 0 Å². The molecule has 2 N–H and O–H groups in total. The van der Waals surface area contributed by atoms with Gasteiger partial charge in [-0.3, -0.25) is 19.5 Å². The lowest BCUT2D eigenvalue weighted by atomic mass is 10.1. The number of anilines is 2. The van der Waals surface area contributed by atoms with Crippen LogP contribution in [-0.2, 0) is 24.3 Å². The molecule has 3 aromatic rings. The molecule has 8 heteroatoms. The van der Waals surface area contributed by atoms with Crippen molar-refractivity contribution in [2.24, 2.45) is 0 Å². The Kier molecular flexibility index (Phi) is 8.40. The molecule has 194 valence electrons. The summed E-state index contributed by atoms with van der Waals surface area (Å²) in [5.41, 5.74) is 5.78. The fourth-order valence-corrected chi connectivity index (χ4v) is 5.09. The first kappa shape index (κ1) is 25.3. The third-order valence-corrected chi connectivity index (χ3v) is 7.14. The number of hydrogen-bond donors (Lipinski definition) is 2. The molecule has 1 aromatic heterocycles. The van der Waals surface area contributed by atoms with Gasteiger partial charge in [0.2, 0.25) is 5.91 Å². The number of fused-ring (bicyclic) bond motifs is 8. The van der Waals surface area contributed by atoms with E-state index in [4.69, 9.17) is 0 Å². The summed E-state index contributed by atoms with van der Waals surface area (Å²) in [6.07, 6.45) is 2.40. The number of piperazine rings is 1. The summed E-state index contributed by atoms with van der Waals surface area (Å²) in [5.74, 6) is 0.911. The molecule has 4 heterocycles. The van der Waals surface area contributed by atoms with E-state index < -0.39 is 0 Å². The number of rotatable bonds is 1. The van der Waals surface area contributed by atoms with E-state index >= 15 is 0 Å². The minimum Gasteiger partial charge on any atom is -0.354 e. The highest BCUT2D eigenvalue weighted by molar-refractivity contribution is 5.78. The molecule has 0 aliphatic carbocycles. The molecule has 8 nitrogen and oxygen atoms in total. The number of nitrogens with one attached hydrogen (secondary N) is 2. The molecule has 1 saturated heterocycles. The van der Waals surface area contributed by atoms with E-state index in [0.29, 0.717) is 13.1 Å². The highest BCUT2D eigenvalue weighted by atomic mass is 16.2. The van der Waals surface area contributed by atoms with Gasteiger partial charge >= 0.3 is 0 Å². The topological polar surface area (TPSA) is 76.6 Å². The van der Waals surface area contributed by atoms with E-state index in [9.17, 15) is 4.79 Å². The summed E-state index contributed by atoms with van der Waals surface area (Å²) in [6, 6.07) is 19.3. The van der Waals surface area contributed by atoms with Gasteiger partial charge in [-0.25, -0.2) is 9.97 Å². The molecule has 2 aromatic carbocycles. The van der Waals surface area contributed by atoms with E-state index in [0.717, 1.165) is 76.0 Å². The molecule has 3 aliphatic heterocycles. The zero-order valence-corrected chi connectivity index (χ0v) is 21.7. The highest BCUT2D eigenvalue weighted by Gasteiger charge is 2.19. The fourth-order valence-electron chi connectivity index (χ4n) is 5.09. The lowest BCUT2D eigenvalue weighted by Crippen LogP contribution is -2.49. The van der Waals surface area contributed by atoms with E-state index in [-0.39, 0.29) is 5.91 Å². The molecular formula is C29H37N7O. The van der Waals surface area contributed by atoms with Crippen LogP contribution in [0.15, 0.2) is 60.9 Å². The van der Waals surface area contributed by atoms with Crippen LogP contribution in [-0.4, -0.2) is 82.9 Å². The Morgan fingerprint density at radius 1 is 0.811 bits per heavy atom. The largest absolute Gasteiger partial charge is 0.354 e. The lowest BCUT2D eigenvalue weighted by molar-refractivity contribution is -0.122. The normalized spacial score (nSPS) is 21.6. The second-order valence-electron chi connectivity index (χ2n) is 9.99. The molecule has 37 heavy (non-hydrogen) atoms. The Balaban J connectivity index is 1.36. The molecule has 6 rings (SSSR count). The van der Waals surface area contributed by atoms with Crippen molar-refractivity contribution in [1.29, 1.82) is 0 Å². The zero-order chi connectivity index (χ0) is 25.5. The Morgan fingerprint density at radius 3 is 2.35 bits per heavy atom. The molecule has 0 atom stereocenters. The van der Waals surface area contributed by atoms with Crippen molar-refractivity contribution in [3.8, 4) is 0 Å². The van der Waals surface area contributed by atoms with Crippen LogP contribution in [0.5, 0.6) is 0 Å². The average molecular weight is 500 g/mol. The van der Waals surface area contributed by atoms with E-state index in [1.807, 2.05) is 6.07 Å². The summed E-state index contributed by atoms with van der Waals surface area (Å²) in [5, 5.41) is 6.58. The first-order chi connectivity index (χ1) is 18.1. The zero-order valence-electron chi connectivity index (χ0n) is 21.7. The Bertz CT molecular complexity index is 1190. The Morgan fingerprint density at radius 2 is 1.54 bits per heavy atom. The van der Waals surface area contributed by atoms with Gasteiger partial charge < -0.3 is 10.6 Å². The minimum atomic E-state index is 0.115. The Hall–Kier alpha value is -3.33. The van der Waals surface area contributed by atoms with Crippen LogP contribution in [0.4, 0.5) is 11.5 Å². The van der Waals surface area contributed by atoms with Crippen molar-refractivity contribution in [1.82, 2.24) is 30.0 Å². The third kappa shape index (κ3) is 7.35. The molecule has 1 amide bonds. The van der Waals surface area contributed by atoms with Crippen LogP contribution in [0, 0.1) is 0 Å². The smallest absolute Gasteiger partial charge is 0.234 e. The maximum atomic E-state index is 12.6. The average Bonchev–Trinajstić information content (AvgIpc) is 2.89. The standard InChI is InChI=1S/C29H37N7O/c1-2-34-10-9-30-29(37)21-36-13-11-35(12-14-36)20-24-6-3-5-23(15-24)16-27-18-28(32-22-31-27)33-26-8-4-7-25(17-26)19-34/h3-8,15,17-18,22H,2,9-14,16,19-21H2,1H3,(H,30,37)(H,31,32,33). The van der Waals surface area contributed by atoms with E-state index in [1.165, 1.54) is 16.7 Å². The minimum absolute atomic E-state index is 0.115. The van der Waals surface area contributed by atoms with Crippen LogP contribution in [0.3, 0.4) is 0 Å². The van der Waals surface area contributed by atoms with Gasteiger partial charge in [-0.1, -0.05) is 43.3 Å². The summed E-state index contributed by atoms with van der Waals surface area (Å²) >= 11 is 0. The first-order valence-electron chi connectivity index (χ1n) is 13.3. The second kappa shape index (κ2) is 12.3.